The first-order chi connectivity index (χ1) is 8.84. The average Bonchev–Trinajstić information content (AvgIpc) is 2.82. The van der Waals surface area contributed by atoms with Crippen molar-refractivity contribution in [1.29, 1.82) is 0 Å². The molecular weight excluding hydrogens is 252 g/mol. The molecule has 0 unspecified atom stereocenters. The average molecular weight is 267 g/mol. The first-order valence-corrected chi connectivity index (χ1v) is 6.50. The van der Waals surface area contributed by atoms with Crippen molar-refractivity contribution in [2.75, 3.05) is 32.8 Å². The topological polar surface area (TPSA) is 42.7 Å². The van der Waals surface area contributed by atoms with Gasteiger partial charge in [-0.05, 0) is 12.1 Å². The Morgan fingerprint density at radius 2 is 2.11 bits per heavy atom. The van der Waals surface area contributed by atoms with Gasteiger partial charge in [0.25, 0.3) is 0 Å². The predicted octanol–water partition coefficient (Wildman–Crippen LogP) is 1.26. The second-order valence-corrected chi connectivity index (χ2v) is 4.78. The van der Waals surface area contributed by atoms with Crippen molar-refractivity contribution in [2.24, 2.45) is 0 Å². The molecule has 3 rings (SSSR count). The second kappa shape index (κ2) is 5.22. The van der Waals surface area contributed by atoms with Crippen molar-refractivity contribution >= 4 is 17.2 Å². The maximum atomic E-state index is 6.07. The third-order valence-electron chi connectivity index (χ3n) is 3.21. The van der Waals surface area contributed by atoms with E-state index in [1.165, 1.54) is 0 Å². The number of hydrogen-bond acceptors (Lipinski definition) is 4. The minimum Gasteiger partial charge on any atom is -0.379 e. The van der Waals surface area contributed by atoms with Gasteiger partial charge in [-0.15, -0.1) is 10.2 Å². The number of morpholine rings is 1. The highest BCUT2D eigenvalue weighted by Crippen LogP contribution is 2.15. The first kappa shape index (κ1) is 11.9. The molecule has 18 heavy (non-hydrogen) atoms. The van der Waals surface area contributed by atoms with Gasteiger partial charge < -0.3 is 4.74 Å². The molecule has 0 amide bonds. The molecule has 6 heteroatoms. The van der Waals surface area contributed by atoms with Gasteiger partial charge >= 0.3 is 0 Å². The third-order valence-corrected chi connectivity index (χ3v) is 3.51. The predicted molar refractivity (Wildman–Crippen MR) is 69.0 cm³/mol. The zero-order valence-electron chi connectivity index (χ0n) is 10.0. The van der Waals surface area contributed by atoms with Crippen LogP contribution in [0.25, 0.3) is 5.65 Å². The van der Waals surface area contributed by atoms with Gasteiger partial charge in [-0.2, -0.15) is 0 Å². The van der Waals surface area contributed by atoms with Crippen molar-refractivity contribution in [2.45, 2.75) is 6.42 Å². The summed E-state index contributed by atoms with van der Waals surface area (Å²) >= 11 is 6.07. The summed E-state index contributed by atoms with van der Waals surface area (Å²) in [5.74, 6) is 0.957. The normalized spacial score (nSPS) is 17.4. The minimum atomic E-state index is 0.641. The summed E-state index contributed by atoms with van der Waals surface area (Å²) in [7, 11) is 0. The summed E-state index contributed by atoms with van der Waals surface area (Å²) in [5, 5.41) is 8.97. The Labute approximate surface area is 110 Å². The van der Waals surface area contributed by atoms with E-state index in [1.807, 2.05) is 22.7 Å². The van der Waals surface area contributed by atoms with Crippen LogP contribution in [-0.4, -0.2) is 52.3 Å². The fourth-order valence-electron chi connectivity index (χ4n) is 2.18. The lowest BCUT2D eigenvalue weighted by atomic mass is 10.3. The Balaban J connectivity index is 1.72. The third kappa shape index (κ3) is 2.34. The number of aromatic nitrogens is 3. The van der Waals surface area contributed by atoms with Gasteiger partial charge in [-0.3, -0.25) is 9.30 Å². The lowest BCUT2D eigenvalue weighted by Gasteiger charge is -2.26. The summed E-state index contributed by atoms with van der Waals surface area (Å²) in [4.78, 5) is 2.38. The van der Waals surface area contributed by atoms with E-state index < -0.39 is 0 Å². The molecule has 1 fully saturated rings. The summed E-state index contributed by atoms with van der Waals surface area (Å²) in [6.07, 6.45) is 2.83. The second-order valence-electron chi connectivity index (χ2n) is 4.37. The number of halogens is 1. The molecule has 0 spiro atoms. The molecule has 2 aromatic heterocycles. The molecule has 0 aliphatic carbocycles. The Kier molecular flexibility index (Phi) is 3.45. The molecule has 1 aliphatic rings. The van der Waals surface area contributed by atoms with E-state index in [0.717, 1.165) is 50.7 Å². The molecular formula is C12H15ClN4O. The summed E-state index contributed by atoms with van der Waals surface area (Å²) in [6.45, 7) is 4.63. The lowest BCUT2D eigenvalue weighted by Crippen LogP contribution is -2.37. The zero-order valence-corrected chi connectivity index (χ0v) is 10.8. The summed E-state index contributed by atoms with van der Waals surface area (Å²) in [5.41, 5.74) is 0.733. The molecule has 0 saturated carbocycles. The molecule has 96 valence electrons. The fraction of sp³-hybridized carbons (Fsp3) is 0.500. The van der Waals surface area contributed by atoms with Gasteiger partial charge in [0.1, 0.15) is 5.82 Å². The van der Waals surface area contributed by atoms with E-state index in [2.05, 4.69) is 15.1 Å². The fourth-order valence-corrected chi connectivity index (χ4v) is 2.39. The highest BCUT2D eigenvalue weighted by Gasteiger charge is 2.12. The number of ether oxygens (including phenoxy) is 1. The van der Waals surface area contributed by atoms with Gasteiger partial charge in [0.2, 0.25) is 0 Å². The molecule has 0 aromatic carbocycles. The number of nitrogens with zero attached hydrogens (tertiary/aromatic N) is 4. The van der Waals surface area contributed by atoms with Crippen molar-refractivity contribution in [3.63, 3.8) is 0 Å². The van der Waals surface area contributed by atoms with E-state index in [9.17, 15) is 0 Å². The van der Waals surface area contributed by atoms with Crippen molar-refractivity contribution in [3.05, 3.63) is 29.2 Å². The van der Waals surface area contributed by atoms with E-state index in [1.54, 1.807) is 0 Å². The number of pyridine rings is 1. The van der Waals surface area contributed by atoms with Crippen LogP contribution in [0.1, 0.15) is 5.82 Å². The molecule has 1 saturated heterocycles. The van der Waals surface area contributed by atoms with Crippen molar-refractivity contribution < 1.29 is 4.74 Å². The van der Waals surface area contributed by atoms with Crippen LogP contribution in [0.3, 0.4) is 0 Å². The summed E-state index contributed by atoms with van der Waals surface area (Å²) < 4.78 is 7.29. The number of rotatable bonds is 3. The van der Waals surface area contributed by atoms with Crippen LogP contribution >= 0.6 is 11.6 Å². The monoisotopic (exact) mass is 266 g/mol. The molecule has 5 nitrogen and oxygen atoms in total. The largest absolute Gasteiger partial charge is 0.379 e. The molecule has 0 atom stereocenters. The van der Waals surface area contributed by atoms with Crippen molar-refractivity contribution in [3.8, 4) is 0 Å². The minimum absolute atomic E-state index is 0.641. The highest BCUT2D eigenvalue weighted by molar-refractivity contribution is 6.33. The smallest absolute Gasteiger partial charge is 0.179 e. The Morgan fingerprint density at radius 1 is 1.28 bits per heavy atom. The van der Waals surface area contributed by atoms with Gasteiger partial charge in [0.05, 0.1) is 18.2 Å². The summed E-state index contributed by atoms with van der Waals surface area (Å²) in [6, 6.07) is 3.74. The Morgan fingerprint density at radius 3 is 2.94 bits per heavy atom. The highest BCUT2D eigenvalue weighted by atomic mass is 35.5. The van der Waals surface area contributed by atoms with Crippen LogP contribution in [-0.2, 0) is 11.2 Å². The molecule has 2 aromatic rings. The molecule has 0 radical (unpaired) electrons. The van der Waals surface area contributed by atoms with Crippen LogP contribution in [0.15, 0.2) is 18.3 Å². The number of hydrogen-bond donors (Lipinski definition) is 0. The molecule has 3 heterocycles. The van der Waals surface area contributed by atoms with E-state index in [-0.39, 0.29) is 0 Å². The SMILES string of the molecule is Clc1cccn2c(CCN3CCOCC3)nnc12. The van der Waals surface area contributed by atoms with E-state index >= 15 is 0 Å². The van der Waals surface area contributed by atoms with Gasteiger partial charge in [0, 0.05) is 32.3 Å². The molecule has 1 aliphatic heterocycles. The van der Waals surface area contributed by atoms with Gasteiger partial charge in [-0.1, -0.05) is 11.6 Å². The lowest BCUT2D eigenvalue weighted by molar-refractivity contribution is 0.0382. The van der Waals surface area contributed by atoms with Crippen LogP contribution in [0.4, 0.5) is 0 Å². The van der Waals surface area contributed by atoms with E-state index in [4.69, 9.17) is 16.3 Å². The zero-order chi connectivity index (χ0) is 12.4. The quantitative estimate of drug-likeness (QED) is 0.839. The molecule has 0 N–H and O–H groups in total. The van der Waals surface area contributed by atoms with Crippen molar-refractivity contribution in [1.82, 2.24) is 19.5 Å². The molecule has 0 bridgehead atoms. The van der Waals surface area contributed by atoms with Crippen LogP contribution < -0.4 is 0 Å². The first-order valence-electron chi connectivity index (χ1n) is 6.13. The van der Waals surface area contributed by atoms with Crippen LogP contribution in [0.2, 0.25) is 5.02 Å². The van der Waals surface area contributed by atoms with Gasteiger partial charge in [0.15, 0.2) is 5.65 Å². The maximum Gasteiger partial charge on any atom is 0.179 e. The van der Waals surface area contributed by atoms with E-state index in [0.29, 0.717) is 5.02 Å². The van der Waals surface area contributed by atoms with Crippen LogP contribution in [0.5, 0.6) is 0 Å². The standard InChI is InChI=1S/C12H15ClN4O/c13-10-2-1-4-17-11(14-15-12(10)17)3-5-16-6-8-18-9-7-16/h1-2,4H,3,5-9H2. The maximum absolute atomic E-state index is 6.07. The Hall–Kier alpha value is -1.17. The number of fused-ring (bicyclic) bond motifs is 1. The Bertz CT molecular complexity index is 536. The van der Waals surface area contributed by atoms with Crippen LogP contribution in [0, 0.1) is 0 Å². The van der Waals surface area contributed by atoms with Gasteiger partial charge in [-0.25, -0.2) is 0 Å².